The van der Waals surface area contributed by atoms with Gasteiger partial charge in [0.25, 0.3) is 0 Å². The quantitative estimate of drug-likeness (QED) is 0.522. The number of rotatable bonds is 4. The molecular formula is C19H17N7O2. The molecule has 0 aliphatic heterocycles. The summed E-state index contributed by atoms with van der Waals surface area (Å²) in [5, 5.41) is 3.22. The zero-order chi connectivity index (χ0) is 19.7. The number of nitrogens with zero attached hydrogens (tertiary/aromatic N) is 5. The Balaban J connectivity index is 1.85. The molecule has 2 aromatic heterocycles. The number of carbonyl (C=O) groups excluding carboxylic acids is 1. The van der Waals surface area contributed by atoms with Gasteiger partial charge in [0.05, 0.1) is 23.7 Å². The SMILES string of the molecule is COC(=O)c1cccc(Nc2nc3ccccc3n2-c2nc(C)nc(N)n2)c1. The molecule has 2 heterocycles. The van der Waals surface area contributed by atoms with Gasteiger partial charge < -0.3 is 15.8 Å². The van der Waals surface area contributed by atoms with Crippen molar-refractivity contribution in [2.45, 2.75) is 6.92 Å². The first kappa shape index (κ1) is 17.4. The lowest BCUT2D eigenvalue weighted by Crippen LogP contribution is -2.10. The molecule has 0 amide bonds. The highest BCUT2D eigenvalue weighted by Gasteiger charge is 2.16. The standard InChI is InChI=1S/C19H17N7O2/c1-11-21-17(20)25-18(22-11)26-15-9-4-3-8-14(15)24-19(26)23-13-7-5-6-12(10-13)16(27)28-2/h3-10H,1-2H3,(H,23,24)(H2,20,21,22,25). The van der Waals surface area contributed by atoms with Crippen LogP contribution in [0.1, 0.15) is 16.2 Å². The van der Waals surface area contributed by atoms with Crippen molar-refractivity contribution in [1.82, 2.24) is 24.5 Å². The minimum Gasteiger partial charge on any atom is -0.465 e. The maximum absolute atomic E-state index is 11.8. The maximum atomic E-state index is 11.8. The van der Waals surface area contributed by atoms with Crippen molar-refractivity contribution < 1.29 is 9.53 Å². The predicted molar refractivity (Wildman–Crippen MR) is 105 cm³/mol. The van der Waals surface area contributed by atoms with E-state index in [1.165, 1.54) is 7.11 Å². The Morgan fingerprint density at radius 3 is 2.68 bits per heavy atom. The van der Waals surface area contributed by atoms with E-state index in [0.29, 0.717) is 29.0 Å². The molecule has 0 spiro atoms. The number of hydrogen-bond donors (Lipinski definition) is 2. The van der Waals surface area contributed by atoms with Crippen LogP contribution in [0.3, 0.4) is 0 Å². The van der Waals surface area contributed by atoms with Crippen LogP contribution in [-0.2, 0) is 4.74 Å². The van der Waals surface area contributed by atoms with Crippen molar-refractivity contribution >= 4 is 34.6 Å². The van der Waals surface area contributed by atoms with Gasteiger partial charge in [-0.15, -0.1) is 0 Å². The number of esters is 1. The minimum absolute atomic E-state index is 0.124. The first-order chi connectivity index (χ1) is 13.5. The molecule has 4 aromatic rings. The van der Waals surface area contributed by atoms with Crippen LogP contribution in [0.25, 0.3) is 17.0 Å². The van der Waals surface area contributed by atoms with Crippen LogP contribution in [0.4, 0.5) is 17.6 Å². The summed E-state index contributed by atoms with van der Waals surface area (Å²) in [5.74, 6) is 1.04. The van der Waals surface area contributed by atoms with Gasteiger partial charge in [0.1, 0.15) is 5.82 Å². The zero-order valence-corrected chi connectivity index (χ0v) is 15.2. The third-order valence-corrected chi connectivity index (χ3v) is 4.05. The molecule has 0 aliphatic rings. The number of ether oxygens (including phenoxy) is 1. The number of benzene rings is 2. The fourth-order valence-corrected chi connectivity index (χ4v) is 2.87. The Kier molecular flexibility index (Phi) is 4.32. The van der Waals surface area contributed by atoms with E-state index < -0.39 is 5.97 Å². The molecule has 0 saturated heterocycles. The van der Waals surface area contributed by atoms with Gasteiger partial charge in [-0.05, 0) is 37.3 Å². The van der Waals surface area contributed by atoms with E-state index in [9.17, 15) is 4.79 Å². The molecule has 0 saturated carbocycles. The molecule has 2 aromatic carbocycles. The molecule has 0 bridgehead atoms. The second-order valence-electron chi connectivity index (χ2n) is 6.00. The molecule has 0 fully saturated rings. The predicted octanol–water partition coefficient (Wildman–Crippen LogP) is 2.63. The fraction of sp³-hybridized carbons (Fsp3) is 0.105. The first-order valence-electron chi connectivity index (χ1n) is 8.46. The van der Waals surface area contributed by atoms with Crippen LogP contribution in [0.5, 0.6) is 0 Å². The van der Waals surface area contributed by atoms with E-state index in [1.54, 1.807) is 29.7 Å². The van der Waals surface area contributed by atoms with E-state index in [1.807, 2.05) is 30.3 Å². The number of fused-ring (bicyclic) bond motifs is 1. The number of aryl methyl sites for hydroxylation is 1. The van der Waals surface area contributed by atoms with Gasteiger partial charge in [-0.3, -0.25) is 0 Å². The van der Waals surface area contributed by atoms with E-state index in [0.717, 1.165) is 11.0 Å². The minimum atomic E-state index is -0.419. The van der Waals surface area contributed by atoms with Crippen LogP contribution in [-0.4, -0.2) is 37.6 Å². The van der Waals surface area contributed by atoms with E-state index in [4.69, 9.17) is 10.5 Å². The van der Waals surface area contributed by atoms with E-state index in [-0.39, 0.29) is 5.95 Å². The lowest BCUT2D eigenvalue weighted by Gasteiger charge is -2.11. The highest BCUT2D eigenvalue weighted by atomic mass is 16.5. The maximum Gasteiger partial charge on any atom is 0.337 e. The number of nitrogens with two attached hydrogens (primary N) is 1. The second-order valence-corrected chi connectivity index (χ2v) is 6.00. The number of para-hydroxylation sites is 2. The summed E-state index contributed by atoms with van der Waals surface area (Å²) < 4.78 is 6.54. The van der Waals surface area contributed by atoms with Gasteiger partial charge in [0.2, 0.25) is 17.8 Å². The largest absolute Gasteiger partial charge is 0.465 e. The second kappa shape index (κ2) is 6.95. The molecule has 0 unspecified atom stereocenters. The van der Waals surface area contributed by atoms with Crippen molar-refractivity contribution in [2.75, 3.05) is 18.2 Å². The summed E-state index contributed by atoms with van der Waals surface area (Å²) in [5.41, 5.74) is 8.46. The fourth-order valence-electron chi connectivity index (χ4n) is 2.87. The van der Waals surface area contributed by atoms with Crippen LogP contribution in [0, 0.1) is 6.92 Å². The molecule has 0 radical (unpaired) electrons. The first-order valence-corrected chi connectivity index (χ1v) is 8.46. The third kappa shape index (κ3) is 3.20. The van der Waals surface area contributed by atoms with Gasteiger partial charge in [-0.1, -0.05) is 18.2 Å². The Labute approximate surface area is 160 Å². The average Bonchev–Trinajstić information content (AvgIpc) is 3.04. The number of nitrogen functional groups attached to an aromatic ring is 1. The van der Waals surface area contributed by atoms with Gasteiger partial charge in [-0.25, -0.2) is 14.3 Å². The molecular weight excluding hydrogens is 358 g/mol. The molecule has 3 N–H and O–H groups in total. The molecule has 9 nitrogen and oxygen atoms in total. The van der Waals surface area contributed by atoms with Crippen LogP contribution >= 0.6 is 0 Å². The van der Waals surface area contributed by atoms with Gasteiger partial charge >= 0.3 is 5.97 Å². The summed E-state index contributed by atoms with van der Waals surface area (Å²) in [4.78, 5) is 29.1. The smallest absolute Gasteiger partial charge is 0.337 e. The Bertz CT molecular complexity index is 1170. The topological polar surface area (TPSA) is 121 Å². The Morgan fingerprint density at radius 1 is 1.07 bits per heavy atom. The van der Waals surface area contributed by atoms with Crippen molar-refractivity contribution in [3.8, 4) is 5.95 Å². The zero-order valence-electron chi connectivity index (χ0n) is 15.2. The summed E-state index contributed by atoms with van der Waals surface area (Å²) in [6.45, 7) is 1.74. The number of anilines is 3. The van der Waals surface area contributed by atoms with Crippen molar-refractivity contribution in [2.24, 2.45) is 0 Å². The van der Waals surface area contributed by atoms with Crippen LogP contribution in [0.2, 0.25) is 0 Å². The number of imidazole rings is 1. The van der Waals surface area contributed by atoms with Crippen molar-refractivity contribution in [3.63, 3.8) is 0 Å². The molecule has 0 aliphatic carbocycles. The highest BCUT2D eigenvalue weighted by Crippen LogP contribution is 2.26. The third-order valence-electron chi connectivity index (χ3n) is 4.05. The molecule has 9 heteroatoms. The average molecular weight is 375 g/mol. The molecule has 0 atom stereocenters. The highest BCUT2D eigenvalue weighted by molar-refractivity contribution is 5.90. The number of hydrogen-bond acceptors (Lipinski definition) is 8. The van der Waals surface area contributed by atoms with Crippen molar-refractivity contribution in [3.05, 3.63) is 59.9 Å². The number of carbonyl (C=O) groups is 1. The normalized spacial score (nSPS) is 10.8. The van der Waals surface area contributed by atoms with Gasteiger partial charge in [-0.2, -0.15) is 15.0 Å². The Hall–Kier alpha value is -4.01. The van der Waals surface area contributed by atoms with E-state index >= 15 is 0 Å². The number of methoxy groups -OCH3 is 1. The molecule has 140 valence electrons. The van der Waals surface area contributed by atoms with Gasteiger partial charge in [0.15, 0.2) is 0 Å². The lowest BCUT2D eigenvalue weighted by atomic mass is 10.2. The van der Waals surface area contributed by atoms with Crippen molar-refractivity contribution in [1.29, 1.82) is 0 Å². The molecule has 4 rings (SSSR count). The Morgan fingerprint density at radius 2 is 1.89 bits per heavy atom. The monoisotopic (exact) mass is 375 g/mol. The van der Waals surface area contributed by atoms with Crippen LogP contribution in [0.15, 0.2) is 48.5 Å². The lowest BCUT2D eigenvalue weighted by molar-refractivity contribution is 0.0601. The summed E-state index contributed by atoms with van der Waals surface area (Å²) >= 11 is 0. The summed E-state index contributed by atoms with van der Waals surface area (Å²) in [7, 11) is 1.34. The van der Waals surface area contributed by atoms with Gasteiger partial charge in [0, 0.05) is 5.69 Å². The number of aromatic nitrogens is 5. The summed E-state index contributed by atoms with van der Waals surface area (Å²) in [6, 6.07) is 14.5. The summed E-state index contributed by atoms with van der Waals surface area (Å²) in [6.07, 6.45) is 0. The molecule has 28 heavy (non-hydrogen) atoms. The van der Waals surface area contributed by atoms with Crippen LogP contribution < -0.4 is 11.1 Å². The number of nitrogens with one attached hydrogen (secondary N) is 1. The van der Waals surface area contributed by atoms with E-state index in [2.05, 4.69) is 25.3 Å².